The molecule has 7 heteroatoms. The second-order valence-corrected chi connectivity index (χ2v) is 7.66. The molecule has 2 rings (SSSR count). The van der Waals surface area contributed by atoms with Gasteiger partial charge in [0, 0.05) is 23.6 Å². The maximum atomic E-state index is 12.7. The van der Waals surface area contributed by atoms with Gasteiger partial charge < -0.3 is 5.73 Å². The van der Waals surface area contributed by atoms with Crippen molar-refractivity contribution >= 4 is 38.4 Å². The number of piperidine rings is 1. The zero-order valence-corrected chi connectivity index (χ0v) is 14.6. The largest absolute Gasteiger partial charge is 0.329 e. The second kappa shape index (κ2) is 7.22. The molecule has 0 aliphatic carbocycles. The van der Waals surface area contributed by atoms with E-state index < -0.39 is 10.0 Å². The molecule has 4 nitrogen and oxygen atoms in total. The Morgan fingerprint density at radius 3 is 2.70 bits per heavy atom. The quantitative estimate of drug-likeness (QED) is 0.873. The molecule has 1 unspecified atom stereocenters. The molecule has 0 radical (unpaired) electrons. The molecule has 20 heavy (non-hydrogen) atoms. The molecule has 2 N–H and O–H groups in total. The molecule has 0 spiro atoms. The normalized spacial score (nSPS) is 20.4. The predicted molar refractivity (Wildman–Crippen MR) is 86.7 cm³/mol. The first-order valence-corrected chi connectivity index (χ1v) is 8.68. The molecule has 1 saturated heterocycles. The average Bonchev–Trinajstić information content (AvgIpc) is 2.41. The van der Waals surface area contributed by atoms with Gasteiger partial charge in [-0.15, -0.1) is 12.4 Å². The third kappa shape index (κ3) is 3.54. The third-order valence-corrected chi connectivity index (χ3v) is 6.42. The van der Waals surface area contributed by atoms with Gasteiger partial charge in [-0.25, -0.2) is 8.42 Å². The van der Waals surface area contributed by atoms with Crippen LogP contribution in [0.1, 0.15) is 24.8 Å². The molecule has 0 aromatic heterocycles. The Morgan fingerprint density at radius 2 is 2.10 bits per heavy atom. The minimum absolute atomic E-state index is 0. The summed E-state index contributed by atoms with van der Waals surface area (Å²) in [7, 11) is -3.43. The van der Waals surface area contributed by atoms with Gasteiger partial charge in [-0.05, 0) is 43.5 Å². The monoisotopic (exact) mass is 382 g/mol. The van der Waals surface area contributed by atoms with Crippen molar-refractivity contribution < 1.29 is 8.42 Å². The zero-order chi connectivity index (χ0) is 14.0. The van der Waals surface area contributed by atoms with Gasteiger partial charge in [0.15, 0.2) is 0 Å². The van der Waals surface area contributed by atoms with E-state index in [-0.39, 0.29) is 18.4 Å². The highest BCUT2D eigenvalue weighted by atomic mass is 79.9. The Labute approximate surface area is 135 Å². The first kappa shape index (κ1) is 17.9. The highest BCUT2D eigenvalue weighted by Gasteiger charge is 2.32. The molecule has 1 aromatic carbocycles. The Balaban J connectivity index is 0.00000200. The van der Waals surface area contributed by atoms with Gasteiger partial charge in [0.05, 0.1) is 4.90 Å². The van der Waals surface area contributed by atoms with Crippen LogP contribution >= 0.6 is 28.3 Å². The van der Waals surface area contributed by atoms with E-state index in [0.717, 1.165) is 29.3 Å². The molecular formula is C13H20BrClN2O2S. The van der Waals surface area contributed by atoms with Crippen molar-refractivity contribution in [2.75, 3.05) is 13.1 Å². The topological polar surface area (TPSA) is 63.4 Å². The fraction of sp³-hybridized carbons (Fsp3) is 0.538. The summed E-state index contributed by atoms with van der Waals surface area (Å²) >= 11 is 3.39. The smallest absolute Gasteiger partial charge is 0.243 e. The van der Waals surface area contributed by atoms with Crippen LogP contribution in [0.5, 0.6) is 0 Å². The summed E-state index contributed by atoms with van der Waals surface area (Å²) < 4.78 is 27.8. The van der Waals surface area contributed by atoms with Crippen molar-refractivity contribution in [3.05, 3.63) is 28.2 Å². The molecule has 1 atom stereocenters. The standard InChI is InChI=1S/C13H19BrN2O2S.ClH/c1-10-8-12(5-6-13(10)14)19(17,18)16-7-3-2-4-11(16)9-15;/h5-6,8,11H,2-4,7,9,15H2,1H3;1H. The summed E-state index contributed by atoms with van der Waals surface area (Å²) in [6, 6.07) is 5.07. The highest BCUT2D eigenvalue weighted by molar-refractivity contribution is 9.10. The Hall–Kier alpha value is -0.140. The van der Waals surface area contributed by atoms with Crippen LogP contribution in [0, 0.1) is 6.92 Å². The molecule has 0 bridgehead atoms. The van der Waals surface area contributed by atoms with E-state index in [1.165, 1.54) is 0 Å². The Morgan fingerprint density at radius 1 is 1.40 bits per heavy atom. The van der Waals surface area contributed by atoms with Crippen LogP contribution in [0.15, 0.2) is 27.6 Å². The number of hydrogen-bond acceptors (Lipinski definition) is 3. The SMILES string of the molecule is Cc1cc(S(=O)(=O)N2CCCCC2CN)ccc1Br.Cl. The van der Waals surface area contributed by atoms with Gasteiger partial charge in [-0.2, -0.15) is 4.31 Å². The zero-order valence-electron chi connectivity index (χ0n) is 11.4. The third-order valence-electron chi connectivity index (χ3n) is 3.58. The lowest BCUT2D eigenvalue weighted by Crippen LogP contribution is -2.47. The summed E-state index contributed by atoms with van der Waals surface area (Å²) in [6.45, 7) is 2.84. The maximum absolute atomic E-state index is 12.7. The number of nitrogens with zero attached hydrogens (tertiary/aromatic N) is 1. The van der Waals surface area contributed by atoms with Crippen molar-refractivity contribution in [2.45, 2.75) is 37.1 Å². The lowest BCUT2D eigenvalue weighted by atomic mass is 10.1. The predicted octanol–water partition coefficient (Wildman–Crippen LogP) is 2.68. The molecule has 1 heterocycles. The van der Waals surface area contributed by atoms with E-state index in [4.69, 9.17) is 5.73 Å². The van der Waals surface area contributed by atoms with Gasteiger partial charge in [0.1, 0.15) is 0 Å². The molecule has 0 amide bonds. The van der Waals surface area contributed by atoms with E-state index in [1.54, 1.807) is 22.5 Å². The van der Waals surface area contributed by atoms with Crippen molar-refractivity contribution in [1.29, 1.82) is 0 Å². The van der Waals surface area contributed by atoms with Gasteiger partial charge in [0.2, 0.25) is 10.0 Å². The van der Waals surface area contributed by atoms with E-state index in [1.807, 2.05) is 6.92 Å². The molecule has 1 aromatic rings. The highest BCUT2D eigenvalue weighted by Crippen LogP contribution is 2.27. The van der Waals surface area contributed by atoms with Crippen molar-refractivity contribution in [2.24, 2.45) is 5.73 Å². The number of aryl methyl sites for hydroxylation is 1. The number of hydrogen-bond donors (Lipinski definition) is 1. The fourth-order valence-corrected chi connectivity index (χ4v) is 4.48. The Kier molecular flexibility index (Phi) is 6.47. The van der Waals surface area contributed by atoms with Crippen LogP contribution in [0.3, 0.4) is 0 Å². The maximum Gasteiger partial charge on any atom is 0.243 e. The first-order valence-electron chi connectivity index (χ1n) is 6.45. The van der Waals surface area contributed by atoms with Crippen LogP contribution < -0.4 is 5.73 Å². The minimum Gasteiger partial charge on any atom is -0.329 e. The van der Waals surface area contributed by atoms with Crippen LogP contribution in [-0.4, -0.2) is 31.9 Å². The molecule has 1 aliphatic heterocycles. The number of benzene rings is 1. The van der Waals surface area contributed by atoms with Gasteiger partial charge in [0.25, 0.3) is 0 Å². The lowest BCUT2D eigenvalue weighted by molar-refractivity contribution is 0.257. The molecule has 1 fully saturated rings. The summed E-state index contributed by atoms with van der Waals surface area (Å²) in [5.74, 6) is 0. The number of nitrogens with two attached hydrogens (primary N) is 1. The number of sulfonamides is 1. The van der Waals surface area contributed by atoms with Crippen LogP contribution in [0.2, 0.25) is 0 Å². The molecule has 1 aliphatic rings. The summed E-state index contributed by atoms with van der Waals surface area (Å²) in [5, 5.41) is 0. The van der Waals surface area contributed by atoms with Gasteiger partial charge in [-0.3, -0.25) is 0 Å². The summed E-state index contributed by atoms with van der Waals surface area (Å²) in [4.78, 5) is 0.355. The average molecular weight is 384 g/mol. The van der Waals surface area contributed by atoms with Crippen LogP contribution in [0.25, 0.3) is 0 Å². The van der Waals surface area contributed by atoms with Crippen LogP contribution in [-0.2, 0) is 10.0 Å². The molecule has 0 saturated carbocycles. The van der Waals surface area contributed by atoms with E-state index in [9.17, 15) is 8.42 Å². The number of rotatable bonds is 3. The van der Waals surface area contributed by atoms with Crippen molar-refractivity contribution in [1.82, 2.24) is 4.31 Å². The second-order valence-electron chi connectivity index (χ2n) is 4.91. The van der Waals surface area contributed by atoms with Gasteiger partial charge in [-0.1, -0.05) is 22.4 Å². The summed E-state index contributed by atoms with van der Waals surface area (Å²) in [6.07, 6.45) is 2.81. The van der Waals surface area contributed by atoms with E-state index in [0.29, 0.717) is 18.0 Å². The van der Waals surface area contributed by atoms with Crippen molar-refractivity contribution in [3.63, 3.8) is 0 Å². The minimum atomic E-state index is -3.43. The molecular weight excluding hydrogens is 364 g/mol. The summed E-state index contributed by atoms with van der Waals surface area (Å²) in [5.41, 5.74) is 6.63. The Bertz CT molecular complexity index is 565. The van der Waals surface area contributed by atoms with Crippen LogP contribution in [0.4, 0.5) is 0 Å². The van der Waals surface area contributed by atoms with E-state index >= 15 is 0 Å². The van der Waals surface area contributed by atoms with Gasteiger partial charge >= 0.3 is 0 Å². The molecule has 114 valence electrons. The lowest BCUT2D eigenvalue weighted by Gasteiger charge is -2.33. The fourth-order valence-electron chi connectivity index (χ4n) is 2.44. The number of halogens is 2. The first-order chi connectivity index (χ1) is 8.96. The van der Waals surface area contributed by atoms with E-state index in [2.05, 4.69) is 15.9 Å². The van der Waals surface area contributed by atoms with Crippen molar-refractivity contribution in [3.8, 4) is 0 Å².